The molecule has 0 aliphatic carbocycles. The van der Waals surface area contributed by atoms with Crippen molar-refractivity contribution in [2.24, 2.45) is 0 Å². The summed E-state index contributed by atoms with van der Waals surface area (Å²) in [6.07, 6.45) is 3.53. The van der Waals surface area contributed by atoms with Gasteiger partial charge in [-0.3, -0.25) is 4.98 Å². The van der Waals surface area contributed by atoms with E-state index >= 15 is 0 Å². The Hall–Kier alpha value is -1.94. The largest absolute Gasteiger partial charge is 0.494 e. The molecule has 0 fully saturated rings. The predicted octanol–water partition coefficient (Wildman–Crippen LogP) is 3.08. The zero-order valence-electron chi connectivity index (χ0n) is 11.1. The van der Waals surface area contributed by atoms with Gasteiger partial charge in [0.05, 0.1) is 7.11 Å². The number of hydrogen-bond donors (Lipinski definition) is 1. The number of pyridine rings is 1. The van der Waals surface area contributed by atoms with Crippen LogP contribution in [0.15, 0.2) is 42.7 Å². The van der Waals surface area contributed by atoms with Crippen LogP contribution in [0.25, 0.3) is 0 Å². The number of nitrogens with zero attached hydrogens (tertiary/aromatic N) is 1. The van der Waals surface area contributed by atoms with Gasteiger partial charge in [0, 0.05) is 25.0 Å². The van der Waals surface area contributed by atoms with E-state index in [-0.39, 0.29) is 17.6 Å². The van der Waals surface area contributed by atoms with E-state index in [9.17, 15) is 4.39 Å². The molecule has 1 atom stereocenters. The van der Waals surface area contributed by atoms with Gasteiger partial charge in [-0.25, -0.2) is 4.39 Å². The van der Waals surface area contributed by atoms with Crippen LogP contribution in [0.2, 0.25) is 0 Å². The summed E-state index contributed by atoms with van der Waals surface area (Å²) < 4.78 is 18.3. The van der Waals surface area contributed by atoms with E-state index in [0.717, 1.165) is 17.7 Å². The summed E-state index contributed by atoms with van der Waals surface area (Å²) in [4.78, 5) is 3.98. The van der Waals surface area contributed by atoms with Crippen molar-refractivity contribution in [1.82, 2.24) is 10.3 Å². The van der Waals surface area contributed by atoms with Crippen molar-refractivity contribution in [3.05, 3.63) is 59.7 Å². The Morgan fingerprint density at radius 1 is 1.26 bits per heavy atom. The van der Waals surface area contributed by atoms with Crippen molar-refractivity contribution >= 4 is 0 Å². The summed E-state index contributed by atoms with van der Waals surface area (Å²) in [5, 5.41) is 3.38. The van der Waals surface area contributed by atoms with Crippen molar-refractivity contribution in [3.63, 3.8) is 0 Å². The van der Waals surface area contributed by atoms with Gasteiger partial charge in [0.2, 0.25) is 0 Å². The number of halogens is 1. The highest BCUT2D eigenvalue weighted by atomic mass is 19.1. The van der Waals surface area contributed by atoms with Gasteiger partial charge >= 0.3 is 0 Å². The van der Waals surface area contributed by atoms with Crippen LogP contribution in [0.1, 0.15) is 24.1 Å². The lowest BCUT2D eigenvalue weighted by Crippen LogP contribution is -2.18. The number of hydrogen-bond acceptors (Lipinski definition) is 3. The fourth-order valence-electron chi connectivity index (χ4n) is 1.84. The molecule has 4 heteroatoms. The van der Waals surface area contributed by atoms with Crippen LogP contribution in [-0.4, -0.2) is 12.1 Å². The summed E-state index contributed by atoms with van der Waals surface area (Å²) in [7, 11) is 1.47. The molecule has 0 spiro atoms. The van der Waals surface area contributed by atoms with Crippen molar-refractivity contribution in [2.75, 3.05) is 7.11 Å². The minimum absolute atomic E-state index is 0.114. The Morgan fingerprint density at radius 2 is 2.00 bits per heavy atom. The van der Waals surface area contributed by atoms with Crippen LogP contribution in [0.4, 0.5) is 4.39 Å². The van der Waals surface area contributed by atoms with E-state index in [1.54, 1.807) is 24.5 Å². The van der Waals surface area contributed by atoms with Crippen molar-refractivity contribution in [1.29, 1.82) is 0 Å². The Bertz CT molecular complexity index is 531. The normalized spacial score (nSPS) is 12.2. The first kappa shape index (κ1) is 13.5. The summed E-state index contributed by atoms with van der Waals surface area (Å²) in [6, 6.07) is 8.96. The Morgan fingerprint density at radius 3 is 2.68 bits per heavy atom. The molecule has 0 radical (unpaired) electrons. The Labute approximate surface area is 112 Å². The number of aromatic nitrogens is 1. The molecule has 1 heterocycles. The average molecular weight is 260 g/mol. The highest BCUT2D eigenvalue weighted by Crippen LogP contribution is 2.22. The number of methoxy groups -OCH3 is 1. The van der Waals surface area contributed by atoms with Crippen molar-refractivity contribution < 1.29 is 9.13 Å². The van der Waals surface area contributed by atoms with Crippen LogP contribution < -0.4 is 10.1 Å². The molecule has 2 aromatic rings. The van der Waals surface area contributed by atoms with Gasteiger partial charge in [-0.15, -0.1) is 0 Å². The SMILES string of the molecule is COc1cc(C(C)NCc2ccncc2)ccc1F. The van der Waals surface area contributed by atoms with Crippen molar-refractivity contribution in [3.8, 4) is 5.75 Å². The number of ether oxygens (including phenoxy) is 1. The first-order chi connectivity index (χ1) is 9.20. The average Bonchev–Trinajstić information content (AvgIpc) is 2.46. The quantitative estimate of drug-likeness (QED) is 0.897. The molecule has 0 aliphatic rings. The molecule has 0 saturated carbocycles. The van der Waals surface area contributed by atoms with Gasteiger partial charge in [0.15, 0.2) is 11.6 Å². The second-order valence-corrected chi connectivity index (χ2v) is 4.35. The number of rotatable bonds is 5. The minimum Gasteiger partial charge on any atom is -0.494 e. The second kappa shape index (κ2) is 6.29. The van der Waals surface area contributed by atoms with E-state index in [0.29, 0.717) is 0 Å². The summed E-state index contributed by atoms with van der Waals surface area (Å²) in [6.45, 7) is 2.78. The highest BCUT2D eigenvalue weighted by molar-refractivity contribution is 5.32. The lowest BCUT2D eigenvalue weighted by Gasteiger charge is -2.15. The van der Waals surface area contributed by atoms with Gasteiger partial charge in [-0.05, 0) is 42.3 Å². The first-order valence-electron chi connectivity index (χ1n) is 6.16. The zero-order valence-corrected chi connectivity index (χ0v) is 11.1. The van der Waals surface area contributed by atoms with Gasteiger partial charge in [-0.1, -0.05) is 6.07 Å². The number of benzene rings is 1. The van der Waals surface area contributed by atoms with E-state index < -0.39 is 0 Å². The molecule has 1 aromatic heterocycles. The van der Waals surface area contributed by atoms with Crippen molar-refractivity contribution in [2.45, 2.75) is 19.5 Å². The maximum Gasteiger partial charge on any atom is 0.165 e. The van der Waals surface area contributed by atoms with Crippen LogP contribution in [0.5, 0.6) is 5.75 Å². The Kier molecular flexibility index (Phi) is 4.47. The molecule has 0 amide bonds. The molecule has 1 unspecified atom stereocenters. The topological polar surface area (TPSA) is 34.1 Å². The minimum atomic E-state index is -0.340. The van der Waals surface area contributed by atoms with E-state index in [2.05, 4.69) is 10.3 Å². The van der Waals surface area contributed by atoms with Gasteiger partial charge in [0.1, 0.15) is 0 Å². The summed E-state index contributed by atoms with van der Waals surface area (Å²) in [5.74, 6) is -0.0670. The lowest BCUT2D eigenvalue weighted by atomic mass is 10.1. The zero-order chi connectivity index (χ0) is 13.7. The Balaban J connectivity index is 2.02. The molecule has 19 heavy (non-hydrogen) atoms. The van der Waals surface area contributed by atoms with Gasteiger partial charge in [0.25, 0.3) is 0 Å². The predicted molar refractivity (Wildman–Crippen MR) is 72.4 cm³/mol. The van der Waals surface area contributed by atoms with Gasteiger partial charge in [-0.2, -0.15) is 0 Å². The molecular weight excluding hydrogens is 243 g/mol. The molecule has 0 aliphatic heterocycles. The molecule has 1 N–H and O–H groups in total. The van der Waals surface area contributed by atoms with Crippen LogP contribution >= 0.6 is 0 Å². The monoisotopic (exact) mass is 260 g/mol. The van der Waals surface area contributed by atoms with Crippen LogP contribution in [0.3, 0.4) is 0 Å². The maximum absolute atomic E-state index is 13.3. The smallest absolute Gasteiger partial charge is 0.165 e. The maximum atomic E-state index is 13.3. The van der Waals surface area contributed by atoms with Crippen LogP contribution in [-0.2, 0) is 6.54 Å². The molecule has 3 nitrogen and oxygen atoms in total. The lowest BCUT2D eigenvalue weighted by molar-refractivity contribution is 0.385. The molecule has 0 saturated heterocycles. The first-order valence-corrected chi connectivity index (χ1v) is 6.16. The third kappa shape index (κ3) is 3.51. The van der Waals surface area contributed by atoms with Crippen LogP contribution in [0, 0.1) is 5.82 Å². The number of nitrogens with one attached hydrogen (secondary N) is 1. The standard InChI is InChI=1S/C15H17FN2O/c1-11(18-10-12-5-7-17-8-6-12)13-3-4-14(16)15(9-13)19-2/h3-9,11,18H,10H2,1-2H3. The fraction of sp³-hybridized carbons (Fsp3) is 0.267. The summed E-state index contributed by atoms with van der Waals surface area (Å²) in [5.41, 5.74) is 2.16. The molecule has 100 valence electrons. The molecular formula is C15H17FN2O. The molecule has 1 aromatic carbocycles. The van der Waals surface area contributed by atoms with Gasteiger partial charge < -0.3 is 10.1 Å². The molecule has 2 rings (SSSR count). The van der Waals surface area contributed by atoms with E-state index in [1.165, 1.54) is 13.2 Å². The van der Waals surface area contributed by atoms with E-state index in [4.69, 9.17) is 4.74 Å². The van der Waals surface area contributed by atoms with E-state index in [1.807, 2.05) is 19.1 Å². The fourth-order valence-corrected chi connectivity index (χ4v) is 1.84. The second-order valence-electron chi connectivity index (χ2n) is 4.35. The third-order valence-electron chi connectivity index (χ3n) is 3.04. The highest BCUT2D eigenvalue weighted by Gasteiger charge is 2.09. The third-order valence-corrected chi connectivity index (χ3v) is 3.04. The molecule has 0 bridgehead atoms. The summed E-state index contributed by atoms with van der Waals surface area (Å²) >= 11 is 0.